The molecule has 3 heteroatoms. The molecule has 1 rings (SSSR count). The predicted octanol–water partition coefficient (Wildman–Crippen LogP) is 0.466. The van der Waals surface area contributed by atoms with Gasteiger partial charge in [0.15, 0.2) is 0 Å². The minimum atomic E-state index is -0.442. The van der Waals surface area contributed by atoms with Gasteiger partial charge in [-0.2, -0.15) is 0 Å². The van der Waals surface area contributed by atoms with Crippen LogP contribution < -0.4 is 5.73 Å². The summed E-state index contributed by atoms with van der Waals surface area (Å²) in [4.78, 5) is 14.4. The number of hydrogen-bond donors (Lipinski definition) is 1. The summed E-state index contributed by atoms with van der Waals surface area (Å²) in [6.45, 7) is 2.04. The average Bonchev–Trinajstić information content (AvgIpc) is 1.88. The minimum Gasteiger partial charge on any atom is -0.364 e. The van der Waals surface area contributed by atoms with Gasteiger partial charge in [0.2, 0.25) is 0 Å². The highest BCUT2D eigenvalue weighted by atomic mass is 16.1. The Hall–Kier alpha value is -1.12. The molecule has 10 heavy (non-hydrogen) atoms. The van der Waals surface area contributed by atoms with Crippen molar-refractivity contribution in [2.75, 3.05) is 0 Å². The van der Waals surface area contributed by atoms with E-state index in [4.69, 9.17) is 5.73 Å². The first kappa shape index (κ1) is 6.99. The van der Waals surface area contributed by atoms with Crippen LogP contribution in [0.1, 0.15) is 13.3 Å². The highest BCUT2D eigenvalue weighted by molar-refractivity contribution is 5.93. The van der Waals surface area contributed by atoms with E-state index in [9.17, 15) is 4.79 Å². The van der Waals surface area contributed by atoms with Crippen LogP contribution in [0.4, 0.5) is 0 Å². The Morgan fingerprint density at radius 2 is 2.60 bits per heavy atom. The summed E-state index contributed by atoms with van der Waals surface area (Å²) in [6.07, 6.45) is 4.38. The Kier molecular flexibility index (Phi) is 1.85. The minimum absolute atomic E-state index is 0.387. The molecule has 1 aliphatic rings. The number of nitrogens with zero attached hydrogens (tertiary/aromatic N) is 1. The third kappa shape index (κ3) is 1.43. The third-order valence-corrected chi connectivity index (χ3v) is 1.40. The van der Waals surface area contributed by atoms with Crippen LogP contribution in [0.25, 0.3) is 0 Å². The number of hydrogen-bond acceptors (Lipinski definition) is 2. The zero-order valence-electron chi connectivity index (χ0n) is 5.87. The molecule has 0 saturated heterocycles. The van der Waals surface area contributed by atoms with E-state index in [2.05, 4.69) is 4.99 Å². The van der Waals surface area contributed by atoms with Gasteiger partial charge in [-0.15, -0.1) is 0 Å². The van der Waals surface area contributed by atoms with Crippen molar-refractivity contribution in [3.63, 3.8) is 0 Å². The van der Waals surface area contributed by atoms with Crippen molar-refractivity contribution in [1.29, 1.82) is 0 Å². The first-order chi connectivity index (χ1) is 4.70. The lowest BCUT2D eigenvalue weighted by atomic mass is 10.1. The number of carbonyl (C=O) groups excluding carboxylic acids is 1. The van der Waals surface area contributed by atoms with Crippen molar-refractivity contribution in [2.24, 2.45) is 16.6 Å². The second kappa shape index (κ2) is 2.64. The molecule has 1 amide bonds. The Bertz CT molecular complexity index is 206. The van der Waals surface area contributed by atoms with E-state index in [0.717, 1.165) is 6.42 Å². The molecular weight excluding hydrogens is 128 g/mol. The maximum Gasteiger partial charge on any atom is 0.266 e. The largest absolute Gasteiger partial charge is 0.364 e. The summed E-state index contributed by atoms with van der Waals surface area (Å²) in [5, 5.41) is 0. The second-order valence-electron chi connectivity index (χ2n) is 2.44. The molecule has 0 aromatic heterocycles. The van der Waals surface area contributed by atoms with Gasteiger partial charge in [-0.1, -0.05) is 13.0 Å². The van der Waals surface area contributed by atoms with E-state index >= 15 is 0 Å². The number of rotatable bonds is 1. The summed E-state index contributed by atoms with van der Waals surface area (Å²) in [5.41, 5.74) is 5.38. The average molecular weight is 138 g/mol. The number of nitrogens with two attached hydrogens (primary N) is 1. The van der Waals surface area contributed by atoms with Gasteiger partial charge in [-0.25, -0.2) is 0 Å². The van der Waals surface area contributed by atoms with Crippen LogP contribution in [0.2, 0.25) is 0 Å². The Balaban J connectivity index is 2.67. The fourth-order valence-electron chi connectivity index (χ4n) is 0.783. The van der Waals surface area contributed by atoms with Crippen LogP contribution >= 0.6 is 0 Å². The maximum absolute atomic E-state index is 10.5. The highest BCUT2D eigenvalue weighted by Crippen LogP contribution is 2.10. The molecule has 0 aliphatic carbocycles. The monoisotopic (exact) mass is 138 g/mol. The van der Waals surface area contributed by atoms with Crippen LogP contribution in [-0.4, -0.2) is 12.1 Å². The fraction of sp³-hybridized carbons (Fsp3) is 0.429. The Morgan fingerprint density at radius 3 is 3.00 bits per heavy atom. The van der Waals surface area contributed by atoms with Gasteiger partial charge in [-0.3, -0.25) is 9.79 Å². The fourth-order valence-corrected chi connectivity index (χ4v) is 0.783. The van der Waals surface area contributed by atoms with Crippen LogP contribution in [0.5, 0.6) is 0 Å². The number of allylic oxidation sites excluding steroid dienone is 1. The van der Waals surface area contributed by atoms with Crippen molar-refractivity contribution >= 4 is 12.1 Å². The molecular formula is C7H10N2O. The van der Waals surface area contributed by atoms with E-state index in [1.807, 2.05) is 6.92 Å². The van der Waals surface area contributed by atoms with Gasteiger partial charge in [0.1, 0.15) is 5.70 Å². The molecule has 3 nitrogen and oxygen atoms in total. The molecule has 0 saturated carbocycles. The zero-order chi connectivity index (χ0) is 7.56. The van der Waals surface area contributed by atoms with Crippen LogP contribution in [0, 0.1) is 5.92 Å². The first-order valence-corrected chi connectivity index (χ1v) is 3.24. The van der Waals surface area contributed by atoms with E-state index in [1.54, 1.807) is 12.3 Å². The Morgan fingerprint density at radius 1 is 1.90 bits per heavy atom. The summed E-state index contributed by atoms with van der Waals surface area (Å²) >= 11 is 0. The van der Waals surface area contributed by atoms with Crippen molar-refractivity contribution in [1.82, 2.24) is 0 Å². The quantitative estimate of drug-likeness (QED) is 0.562. The highest BCUT2D eigenvalue weighted by Gasteiger charge is 2.07. The molecule has 0 aromatic carbocycles. The molecule has 1 aliphatic heterocycles. The lowest BCUT2D eigenvalue weighted by molar-refractivity contribution is -0.114. The smallest absolute Gasteiger partial charge is 0.266 e. The first-order valence-electron chi connectivity index (χ1n) is 3.24. The zero-order valence-corrected chi connectivity index (χ0v) is 5.87. The van der Waals surface area contributed by atoms with E-state index in [-0.39, 0.29) is 0 Å². The summed E-state index contributed by atoms with van der Waals surface area (Å²) in [7, 11) is 0. The lowest BCUT2D eigenvalue weighted by Gasteiger charge is -2.07. The molecule has 0 aromatic rings. The number of carbonyl (C=O) groups is 1. The predicted molar refractivity (Wildman–Crippen MR) is 39.6 cm³/mol. The molecule has 0 bridgehead atoms. The summed E-state index contributed by atoms with van der Waals surface area (Å²) < 4.78 is 0. The van der Waals surface area contributed by atoms with Crippen molar-refractivity contribution in [2.45, 2.75) is 13.3 Å². The van der Waals surface area contributed by atoms with E-state index < -0.39 is 5.91 Å². The molecule has 2 N–H and O–H groups in total. The maximum atomic E-state index is 10.5. The molecule has 0 radical (unpaired) electrons. The molecule has 1 heterocycles. The summed E-state index contributed by atoms with van der Waals surface area (Å²) in [5.74, 6) is -0.00810. The standard InChI is InChI=1S/C7H10N2O/c1-5-2-3-6(7(8)10)9-4-5/h3-5H,2H2,1H3,(H2,8,10). The van der Waals surface area contributed by atoms with Crippen molar-refractivity contribution < 1.29 is 4.79 Å². The van der Waals surface area contributed by atoms with Crippen molar-refractivity contribution in [3.8, 4) is 0 Å². The third-order valence-electron chi connectivity index (χ3n) is 1.40. The topological polar surface area (TPSA) is 55.4 Å². The SMILES string of the molecule is CC1C=NC(C(N)=O)=CC1. The molecule has 0 fully saturated rings. The molecule has 1 unspecified atom stereocenters. The van der Waals surface area contributed by atoms with Gasteiger partial charge in [0.25, 0.3) is 5.91 Å². The second-order valence-corrected chi connectivity index (χ2v) is 2.44. The number of aliphatic imine (C=N–C) groups is 1. The van der Waals surface area contributed by atoms with E-state index in [1.165, 1.54) is 0 Å². The normalized spacial score (nSPS) is 24.1. The van der Waals surface area contributed by atoms with Crippen LogP contribution in [0.15, 0.2) is 16.8 Å². The molecule has 1 atom stereocenters. The molecule has 0 spiro atoms. The van der Waals surface area contributed by atoms with Gasteiger partial charge in [0, 0.05) is 6.21 Å². The number of primary amides is 1. The van der Waals surface area contributed by atoms with Gasteiger partial charge in [0.05, 0.1) is 0 Å². The van der Waals surface area contributed by atoms with Gasteiger partial charge >= 0.3 is 0 Å². The van der Waals surface area contributed by atoms with Crippen LogP contribution in [0.3, 0.4) is 0 Å². The molecule has 54 valence electrons. The van der Waals surface area contributed by atoms with Gasteiger partial charge in [-0.05, 0) is 12.3 Å². The summed E-state index contributed by atoms with van der Waals surface area (Å²) in [6, 6.07) is 0. The van der Waals surface area contributed by atoms with Gasteiger partial charge < -0.3 is 5.73 Å². The van der Waals surface area contributed by atoms with Crippen LogP contribution in [-0.2, 0) is 4.79 Å². The Labute approximate surface area is 59.6 Å². The van der Waals surface area contributed by atoms with Crippen molar-refractivity contribution in [3.05, 3.63) is 11.8 Å². The lowest BCUT2D eigenvalue weighted by Crippen LogP contribution is -2.15. The van der Waals surface area contributed by atoms with E-state index in [0.29, 0.717) is 11.6 Å². The number of amides is 1.